The highest BCUT2D eigenvalue weighted by Gasteiger charge is 2.18. The second kappa shape index (κ2) is 6.04. The van der Waals surface area contributed by atoms with E-state index in [0.29, 0.717) is 17.0 Å². The molecular weight excluding hydrogens is 281 g/mol. The van der Waals surface area contributed by atoms with Gasteiger partial charge in [-0.3, -0.25) is 0 Å². The largest absolute Gasteiger partial charge is 0.312 e. The fourth-order valence-corrected chi connectivity index (χ4v) is 3.65. The van der Waals surface area contributed by atoms with Gasteiger partial charge >= 0.3 is 0 Å². The highest BCUT2D eigenvalue weighted by atomic mass is 35.5. The molecule has 0 spiro atoms. The molecule has 0 radical (unpaired) electrons. The molecule has 1 N–H and O–H groups in total. The summed E-state index contributed by atoms with van der Waals surface area (Å²) in [7, 11) is 1.90. The van der Waals surface area contributed by atoms with Crippen LogP contribution in [-0.2, 0) is 6.42 Å². The number of hydrogen-bond donors (Lipinski definition) is 1. The first-order valence-corrected chi connectivity index (χ1v) is 7.39. The topological polar surface area (TPSA) is 12.0 Å². The van der Waals surface area contributed by atoms with Crippen LogP contribution in [0.25, 0.3) is 0 Å². The van der Waals surface area contributed by atoms with Gasteiger partial charge in [-0.05, 0) is 51.1 Å². The molecule has 0 amide bonds. The van der Waals surface area contributed by atoms with Crippen molar-refractivity contribution < 1.29 is 4.39 Å². The van der Waals surface area contributed by atoms with Crippen LogP contribution >= 0.6 is 22.9 Å². The minimum Gasteiger partial charge on any atom is -0.312 e. The lowest BCUT2D eigenvalue weighted by molar-refractivity contribution is 0.558. The summed E-state index contributed by atoms with van der Waals surface area (Å²) in [5.41, 5.74) is 1.82. The van der Waals surface area contributed by atoms with Gasteiger partial charge in [0.25, 0.3) is 0 Å². The summed E-state index contributed by atoms with van der Waals surface area (Å²) in [6.45, 7) is 4.18. The van der Waals surface area contributed by atoms with Crippen molar-refractivity contribution in [2.24, 2.45) is 0 Å². The van der Waals surface area contributed by atoms with Crippen molar-refractivity contribution in [3.05, 3.63) is 56.0 Å². The van der Waals surface area contributed by atoms with E-state index in [1.807, 2.05) is 7.05 Å². The molecule has 0 aliphatic carbocycles. The van der Waals surface area contributed by atoms with Crippen molar-refractivity contribution in [3.63, 3.8) is 0 Å². The van der Waals surface area contributed by atoms with E-state index in [0.717, 1.165) is 0 Å². The maximum atomic E-state index is 13.9. The first-order valence-electron chi connectivity index (χ1n) is 6.20. The Balaban J connectivity index is 2.32. The zero-order chi connectivity index (χ0) is 14.0. The number of halogens is 2. The lowest BCUT2D eigenvalue weighted by Crippen LogP contribution is -2.19. The first-order chi connectivity index (χ1) is 9.02. The summed E-state index contributed by atoms with van der Waals surface area (Å²) in [6.07, 6.45) is 0.558. The van der Waals surface area contributed by atoms with Crippen LogP contribution in [0.4, 0.5) is 4.39 Å². The van der Waals surface area contributed by atoms with E-state index < -0.39 is 0 Å². The Hall–Kier alpha value is -0.900. The van der Waals surface area contributed by atoms with E-state index in [1.165, 1.54) is 21.4 Å². The van der Waals surface area contributed by atoms with Crippen molar-refractivity contribution in [1.82, 2.24) is 5.32 Å². The van der Waals surface area contributed by atoms with Gasteiger partial charge < -0.3 is 5.32 Å². The summed E-state index contributed by atoms with van der Waals surface area (Å²) >= 11 is 7.85. The number of aryl methyl sites for hydroxylation is 2. The van der Waals surface area contributed by atoms with Crippen molar-refractivity contribution in [2.45, 2.75) is 26.3 Å². The van der Waals surface area contributed by atoms with E-state index in [-0.39, 0.29) is 11.9 Å². The molecule has 2 aromatic rings. The van der Waals surface area contributed by atoms with Crippen molar-refractivity contribution in [2.75, 3.05) is 7.05 Å². The highest BCUT2D eigenvalue weighted by molar-refractivity contribution is 7.12. The van der Waals surface area contributed by atoms with Crippen LogP contribution < -0.4 is 5.32 Å². The Morgan fingerprint density at radius 2 is 2.11 bits per heavy atom. The molecule has 0 fully saturated rings. The Morgan fingerprint density at radius 3 is 2.63 bits per heavy atom. The van der Waals surface area contributed by atoms with E-state index in [2.05, 4.69) is 25.2 Å². The number of hydrogen-bond acceptors (Lipinski definition) is 2. The maximum absolute atomic E-state index is 13.9. The number of likely N-dealkylation sites (N-methyl/N-ethyl adjacent to an activating group) is 1. The minimum atomic E-state index is -0.237. The van der Waals surface area contributed by atoms with Gasteiger partial charge in [-0.1, -0.05) is 17.7 Å². The quantitative estimate of drug-likeness (QED) is 0.865. The zero-order valence-corrected chi connectivity index (χ0v) is 12.8. The summed E-state index contributed by atoms with van der Waals surface area (Å²) in [5.74, 6) is -0.237. The van der Waals surface area contributed by atoms with Gasteiger partial charge in [0, 0.05) is 26.4 Å². The fraction of sp³-hybridized carbons (Fsp3) is 0.333. The van der Waals surface area contributed by atoms with E-state index >= 15 is 0 Å². The normalized spacial score (nSPS) is 12.7. The first kappa shape index (κ1) is 14.5. The Bertz CT molecular complexity index is 559. The number of nitrogens with one attached hydrogen (secondary N) is 1. The molecule has 19 heavy (non-hydrogen) atoms. The molecule has 4 heteroatoms. The number of thiophene rings is 1. The summed E-state index contributed by atoms with van der Waals surface area (Å²) in [4.78, 5) is 2.52. The van der Waals surface area contributed by atoms with Gasteiger partial charge in [0.15, 0.2) is 0 Å². The molecule has 1 aromatic heterocycles. The zero-order valence-electron chi connectivity index (χ0n) is 11.3. The fourth-order valence-electron chi connectivity index (χ4n) is 2.26. The maximum Gasteiger partial charge on any atom is 0.127 e. The average Bonchev–Trinajstić information content (AvgIpc) is 2.68. The Kier molecular flexibility index (Phi) is 4.61. The molecule has 1 atom stereocenters. The third-order valence-corrected chi connectivity index (χ3v) is 4.83. The van der Waals surface area contributed by atoms with Crippen LogP contribution in [0.15, 0.2) is 24.3 Å². The van der Waals surface area contributed by atoms with Crippen LogP contribution in [0.1, 0.15) is 26.9 Å². The average molecular weight is 298 g/mol. The molecule has 102 valence electrons. The molecule has 1 aromatic carbocycles. The second-order valence-electron chi connectivity index (χ2n) is 4.65. The van der Waals surface area contributed by atoms with Gasteiger partial charge in [-0.2, -0.15) is 0 Å². The van der Waals surface area contributed by atoms with Crippen molar-refractivity contribution in [3.8, 4) is 0 Å². The molecule has 0 saturated carbocycles. The van der Waals surface area contributed by atoms with Crippen LogP contribution in [0, 0.1) is 19.7 Å². The minimum absolute atomic E-state index is 0.0908. The highest BCUT2D eigenvalue weighted by Crippen LogP contribution is 2.31. The van der Waals surface area contributed by atoms with Gasteiger partial charge in [-0.15, -0.1) is 11.3 Å². The summed E-state index contributed by atoms with van der Waals surface area (Å²) in [5, 5.41) is 3.75. The molecule has 1 heterocycles. The molecule has 0 aliphatic rings. The van der Waals surface area contributed by atoms with Crippen molar-refractivity contribution >= 4 is 22.9 Å². The summed E-state index contributed by atoms with van der Waals surface area (Å²) < 4.78 is 13.9. The van der Waals surface area contributed by atoms with Crippen LogP contribution in [-0.4, -0.2) is 7.05 Å². The van der Waals surface area contributed by atoms with Gasteiger partial charge in [-0.25, -0.2) is 4.39 Å². The Labute approximate surface area is 122 Å². The lowest BCUT2D eigenvalue weighted by Gasteiger charge is -2.17. The van der Waals surface area contributed by atoms with Crippen LogP contribution in [0.3, 0.4) is 0 Å². The molecule has 1 unspecified atom stereocenters. The lowest BCUT2D eigenvalue weighted by atomic mass is 10.0. The van der Waals surface area contributed by atoms with Gasteiger partial charge in [0.1, 0.15) is 5.82 Å². The van der Waals surface area contributed by atoms with Gasteiger partial charge in [0.2, 0.25) is 0 Å². The standard InChI is InChI=1S/C15H17ClFNS/c1-9-7-10(2)19-15(9)14(18-3)8-11-12(16)5-4-6-13(11)17/h4-7,14,18H,8H2,1-3H3. The monoisotopic (exact) mass is 297 g/mol. The SMILES string of the molecule is CNC(Cc1c(F)cccc1Cl)c1sc(C)cc1C. The van der Waals surface area contributed by atoms with Gasteiger partial charge in [0.05, 0.1) is 0 Å². The molecule has 0 aliphatic heterocycles. The summed E-state index contributed by atoms with van der Waals surface area (Å²) in [6, 6.07) is 7.08. The molecule has 1 nitrogen and oxygen atoms in total. The second-order valence-corrected chi connectivity index (χ2v) is 6.35. The predicted octanol–water partition coefficient (Wildman–Crippen LogP) is 4.66. The molecule has 2 rings (SSSR count). The Morgan fingerprint density at radius 1 is 1.37 bits per heavy atom. The van der Waals surface area contributed by atoms with E-state index in [4.69, 9.17) is 11.6 Å². The van der Waals surface area contributed by atoms with E-state index in [9.17, 15) is 4.39 Å². The number of rotatable bonds is 4. The third kappa shape index (κ3) is 3.16. The van der Waals surface area contributed by atoms with E-state index in [1.54, 1.807) is 23.5 Å². The smallest absolute Gasteiger partial charge is 0.127 e. The van der Waals surface area contributed by atoms with Crippen LogP contribution in [0.2, 0.25) is 5.02 Å². The third-order valence-electron chi connectivity index (χ3n) is 3.21. The number of benzene rings is 1. The molecule has 0 saturated heterocycles. The predicted molar refractivity (Wildman–Crippen MR) is 80.7 cm³/mol. The van der Waals surface area contributed by atoms with Crippen molar-refractivity contribution in [1.29, 1.82) is 0 Å². The molecule has 0 bridgehead atoms. The molecular formula is C15H17ClFNS. The van der Waals surface area contributed by atoms with Crippen LogP contribution in [0.5, 0.6) is 0 Å².